The van der Waals surface area contributed by atoms with Crippen LogP contribution >= 0.6 is 0 Å². The summed E-state index contributed by atoms with van der Waals surface area (Å²) in [6.07, 6.45) is 8.01. The highest BCUT2D eigenvalue weighted by Crippen LogP contribution is 2.33. The Kier molecular flexibility index (Phi) is 1.16. The molecule has 0 saturated carbocycles. The van der Waals surface area contributed by atoms with Gasteiger partial charge in [-0.3, -0.25) is 0 Å². The second-order valence-electron chi connectivity index (χ2n) is 2.78. The van der Waals surface area contributed by atoms with Crippen LogP contribution in [0.15, 0.2) is 35.3 Å². The van der Waals surface area contributed by atoms with Crippen molar-refractivity contribution in [3.63, 3.8) is 0 Å². The van der Waals surface area contributed by atoms with Crippen molar-refractivity contribution < 1.29 is 4.74 Å². The monoisotopic (exact) mass is 134 g/mol. The topological polar surface area (TPSA) is 9.23 Å². The van der Waals surface area contributed by atoms with Crippen molar-refractivity contribution in [2.45, 2.75) is 19.8 Å². The molecular formula is C9H10O. The van der Waals surface area contributed by atoms with E-state index in [-0.39, 0.29) is 0 Å². The lowest BCUT2D eigenvalue weighted by Gasteiger charge is -2.05. The smallest absolute Gasteiger partial charge is 0.0939 e. The molecule has 1 aliphatic heterocycles. The Bertz CT molecular complexity index is 243. The van der Waals surface area contributed by atoms with Crippen molar-refractivity contribution >= 4 is 0 Å². The summed E-state index contributed by atoms with van der Waals surface area (Å²) in [5.41, 5.74) is 4.25. The molecule has 1 heteroatoms. The van der Waals surface area contributed by atoms with Crippen LogP contribution in [0, 0.1) is 0 Å². The summed E-state index contributed by atoms with van der Waals surface area (Å²) in [5, 5.41) is 0. The Morgan fingerprint density at radius 1 is 1.40 bits per heavy atom. The predicted octanol–water partition coefficient (Wildman–Crippen LogP) is 2.52. The first-order valence-electron chi connectivity index (χ1n) is 3.59. The van der Waals surface area contributed by atoms with Gasteiger partial charge in [0.15, 0.2) is 0 Å². The van der Waals surface area contributed by atoms with Crippen LogP contribution < -0.4 is 0 Å². The standard InChI is InChI=1S/C9H10O/c1-7-2-3-8-6-10-5-4-9(7)8/h4-6H,2-3H2,1H3. The summed E-state index contributed by atoms with van der Waals surface area (Å²) in [7, 11) is 0. The van der Waals surface area contributed by atoms with Gasteiger partial charge in [0.1, 0.15) is 0 Å². The molecule has 0 spiro atoms. The first kappa shape index (κ1) is 5.78. The van der Waals surface area contributed by atoms with E-state index >= 15 is 0 Å². The summed E-state index contributed by atoms with van der Waals surface area (Å²) in [6.45, 7) is 2.19. The van der Waals surface area contributed by atoms with Crippen molar-refractivity contribution in [1.29, 1.82) is 0 Å². The molecule has 0 aromatic rings. The van der Waals surface area contributed by atoms with Gasteiger partial charge in [-0.15, -0.1) is 0 Å². The third-order valence-corrected chi connectivity index (χ3v) is 2.10. The van der Waals surface area contributed by atoms with Crippen molar-refractivity contribution in [3.8, 4) is 0 Å². The maximum absolute atomic E-state index is 5.05. The molecule has 0 atom stereocenters. The second kappa shape index (κ2) is 2.01. The van der Waals surface area contributed by atoms with Crippen molar-refractivity contribution in [1.82, 2.24) is 0 Å². The molecule has 52 valence electrons. The number of hydrogen-bond acceptors (Lipinski definition) is 1. The van der Waals surface area contributed by atoms with E-state index in [1.54, 1.807) is 6.26 Å². The number of allylic oxidation sites excluding steroid dienone is 4. The van der Waals surface area contributed by atoms with Crippen molar-refractivity contribution in [2.75, 3.05) is 0 Å². The molecule has 0 N–H and O–H groups in total. The van der Waals surface area contributed by atoms with Gasteiger partial charge in [0.2, 0.25) is 0 Å². The predicted molar refractivity (Wildman–Crippen MR) is 40.2 cm³/mol. The van der Waals surface area contributed by atoms with E-state index in [1.165, 1.54) is 23.1 Å². The molecule has 0 radical (unpaired) electrons. The van der Waals surface area contributed by atoms with Crippen LogP contribution in [0.3, 0.4) is 0 Å². The molecule has 0 aromatic heterocycles. The van der Waals surface area contributed by atoms with E-state index in [2.05, 4.69) is 13.0 Å². The van der Waals surface area contributed by atoms with E-state index in [1.807, 2.05) is 6.26 Å². The molecule has 1 heterocycles. The average molecular weight is 134 g/mol. The van der Waals surface area contributed by atoms with Gasteiger partial charge < -0.3 is 4.74 Å². The molecule has 10 heavy (non-hydrogen) atoms. The minimum atomic E-state index is 1.16. The van der Waals surface area contributed by atoms with Gasteiger partial charge in [-0.25, -0.2) is 0 Å². The van der Waals surface area contributed by atoms with E-state index in [0.717, 1.165) is 6.42 Å². The van der Waals surface area contributed by atoms with Crippen molar-refractivity contribution in [3.05, 3.63) is 35.3 Å². The zero-order valence-corrected chi connectivity index (χ0v) is 6.05. The Hall–Kier alpha value is -0.980. The van der Waals surface area contributed by atoms with Gasteiger partial charge in [0.05, 0.1) is 12.5 Å². The number of ether oxygens (including phenoxy) is 1. The highest BCUT2D eigenvalue weighted by atomic mass is 16.5. The molecule has 0 unspecified atom stereocenters. The Morgan fingerprint density at radius 3 is 3.10 bits per heavy atom. The summed E-state index contributed by atoms with van der Waals surface area (Å²) >= 11 is 0. The van der Waals surface area contributed by atoms with Gasteiger partial charge in [-0.05, 0) is 37.0 Å². The average Bonchev–Trinajstić information content (AvgIpc) is 2.34. The molecule has 0 saturated heterocycles. The van der Waals surface area contributed by atoms with Crippen LogP contribution in [0.4, 0.5) is 0 Å². The van der Waals surface area contributed by atoms with Gasteiger partial charge in [0, 0.05) is 0 Å². The van der Waals surface area contributed by atoms with Crippen LogP contribution in [0.5, 0.6) is 0 Å². The Labute approximate surface area is 60.7 Å². The van der Waals surface area contributed by atoms with Crippen LogP contribution in [-0.4, -0.2) is 0 Å². The third kappa shape index (κ3) is 0.703. The van der Waals surface area contributed by atoms with Crippen LogP contribution in [0.1, 0.15) is 19.8 Å². The van der Waals surface area contributed by atoms with E-state index in [0.29, 0.717) is 0 Å². The van der Waals surface area contributed by atoms with Crippen LogP contribution in [-0.2, 0) is 4.74 Å². The summed E-state index contributed by atoms with van der Waals surface area (Å²) < 4.78 is 5.05. The highest BCUT2D eigenvalue weighted by Gasteiger charge is 2.16. The molecule has 1 aliphatic carbocycles. The molecular weight excluding hydrogens is 124 g/mol. The Balaban J connectivity index is 2.44. The minimum Gasteiger partial charge on any atom is -0.472 e. The van der Waals surface area contributed by atoms with Gasteiger partial charge in [0.25, 0.3) is 0 Å². The third-order valence-electron chi connectivity index (χ3n) is 2.10. The lowest BCUT2D eigenvalue weighted by Crippen LogP contribution is -1.87. The minimum absolute atomic E-state index is 1.16. The fraction of sp³-hybridized carbons (Fsp3) is 0.333. The van der Waals surface area contributed by atoms with Crippen LogP contribution in [0.25, 0.3) is 0 Å². The summed E-state index contributed by atoms with van der Waals surface area (Å²) in [4.78, 5) is 0. The van der Waals surface area contributed by atoms with E-state index < -0.39 is 0 Å². The zero-order chi connectivity index (χ0) is 6.97. The quantitative estimate of drug-likeness (QED) is 0.494. The fourth-order valence-corrected chi connectivity index (χ4v) is 1.47. The van der Waals surface area contributed by atoms with Crippen molar-refractivity contribution in [2.24, 2.45) is 0 Å². The van der Waals surface area contributed by atoms with Gasteiger partial charge >= 0.3 is 0 Å². The second-order valence-corrected chi connectivity index (χ2v) is 2.78. The largest absolute Gasteiger partial charge is 0.472 e. The van der Waals surface area contributed by atoms with Gasteiger partial charge in [-0.1, -0.05) is 5.57 Å². The first-order valence-corrected chi connectivity index (χ1v) is 3.59. The lowest BCUT2D eigenvalue weighted by molar-refractivity contribution is 0.393. The summed E-state index contributed by atoms with van der Waals surface area (Å²) in [6, 6.07) is 0. The maximum Gasteiger partial charge on any atom is 0.0939 e. The van der Waals surface area contributed by atoms with E-state index in [4.69, 9.17) is 4.74 Å². The van der Waals surface area contributed by atoms with Gasteiger partial charge in [-0.2, -0.15) is 0 Å². The zero-order valence-electron chi connectivity index (χ0n) is 6.05. The highest BCUT2D eigenvalue weighted by molar-refractivity contribution is 5.47. The number of rotatable bonds is 0. The SMILES string of the molecule is CC1=C2C=COC=C2CC1. The number of hydrogen-bond donors (Lipinski definition) is 0. The first-order chi connectivity index (χ1) is 4.88. The summed E-state index contributed by atoms with van der Waals surface area (Å²) in [5.74, 6) is 0. The lowest BCUT2D eigenvalue weighted by atomic mass is 10.1. The van der Waals surface area contributed by atoms with Crippen LogP contribution in [0.2, 0.25) is 0 Å². The Morgan fingerprint density at radius 2 is 2.30 bits per heavy atom. The maximum atomic E-state index is 5.05. The molecule has 2 rings (SSSR count). The molecule has 0 amide bonds. The normalized spacial score (nSPS) is 22.3. The molecule has 2 aliphatic rings. The van der Waals surface area contributed by atoms with E-state index in [9.17, 15) is 0 Å². The molecule has 0 aromatic carbocycles. The number of fused-ring (bicyclic) bond motifs is 1. The molecule has 0 fully saturated rings. The fourth-order valence-electron chi connectivity index (χ4n) is 1.47. The molecule has 0 bridgehead atoms. The molecule has 1 nitrogen and oxygen atoms in total.